The minimum absolute atomic E-state index is 0.351. The summed E-state index contributed by atoms with van der Waals surface area (Å²) in [6, 6.07) is 0. The Morgan fingerprint density at radius 3 is 2.00 bits per heavy atom. The molecule has 0 fully saturated rings. The van der Waals surface area contributed by atoms with Crippen LogP contribution in [0.4, 0.5) is 0 Å². The summed E-state index contributed by atoms with van der Waals surface area (Å²) in [5.41, 5.74) is 0. The Hall–Kier alpha value is -0.570. The van der Waals surface area contributed by atoms with E-state index in [0.717, 1.165) is 31.8 Å². The zero-order chi connectivity index (χ0) is 14.5. The van der Waals surface area contributed by atoms with E-state index in [0.29, 0.717) is 0 Å². The second-order valence-electron chi connectivity index (χ2n) is 6.03. The molecular weight excluding hydrogens is 248 g/mol. The highest BCUT2D eigenvalue weighted by molar-refractivity contribution is 5.87. The quantitative estimate of drug-likeness (QED) is 0.501. The van der Waals surface area contributed by atoms with Gasteiger partial charge in [0.1, 0.15) is 11.9 Å². The number of hydrogen-bond acceptors (Lipinski definition) is 3. The summed E-state index contributed by atoms with van der Waals surface area (Å²) < 4.78 is 0. The molecule has 20 heavy (non-hydrogen) atoms. The van der Waals surface area contributed by atoms with Crippen LogP contribution in [0, 0.1) is 0 Å². The first kappa shape index (κ1) is 17.5. The van der Waals surface area contributed by atoms with Gasteiger partial charge < -0.3 is 10.4 Å². The highest BCUT2D eigenvalue weighted by Gasteiger charge is 2.14. The van der Waals surface area contributed by atoms with Gasteiger partial charge in [-0.05, 0) is 6.42 Å². The van der Waals surface area contributed by atoms with Crippen LogP contribution in [-0.2, 0) is 0 Å². The SMILES string of the molecule is CCCCCCCCCCCCCC(O)C1=NCCN1. The second-order valence-corrected chi connectivity index (χ2v) is 6.03. The molecule has 1 aliphatic rings. The summed E-state index contributed by atoms with van der Waals surface area (Å²) in [4.78, 5) is 4.26. The molecule has 0 aliphatic carbocycles. The van der Waals surface area contributed by atoms with Gasteiger partial charge in [0.15, 0.2) is 0 Å². The smallest absolute Gasteiger partial charge is 0.126 e. The molecule has 1 unspecified atom stereocenters. The monoisotopic (exact) mass is 282 g/mol. The highest BCUT2D eigenvalue weighted by atomic mass is 16.3. The molecule has 3 nitrogen and oxygen atoms in total. The molecule has 0 radical (unpaired) electrons. The van der Waals surface area contributed by atoms with E-state index in [-0.39, 0.29) is 6.10 Å². The predicted molar refractivity (Wildman–Crippen MR) is 87.4 cm³/mol. The second kappa shape index (κ2) is 12.2. The Labute approximate surface area is 125 Å². The first-order valence-electron chi connectivity index (χ1n) is 8.81. The van der Waals surface area contributed by atoms with Crippen molar-refractivity contribution >= 4 is 5.84 Å². The summed E-state index contributed by atoms with van der Waals surface area (Å²) in [7, 11) is 0. The van der Waals surface area contributed by atoms with E-state index >= 15 is 0 Å². The minimum atomic E-state index is -0.351. The lowest BCUT2D eigenvalue weighted by atomic mass is 10.0. The number of aliphatic hydroxyl groups is 1. The topological polar surface area (TPSA) is 44.6 Å². The van der Waals surface area contributed by atoms with E-state index in [1.165, 1.54) is 64.2 Å². The summed E-state index contributed by atoms with van der Waals surface area (Å²) >= 11 is 0. The van der Waals surface area contributed by atoms with Crippen LogP contribution in [0.2, 0.25) is 0 Å². The van der Waals surface area contributed by atoms with Crippen molar-refractivity contribution < 1.29 is 5.11 Å². The lowest BCUT2D eigenvalue weighted by Gasteiger charge is -2.10. The van der Waals surface area contributed by atoms with Crippen molar-refractivity contribution in [3.63, 3.8) is 0 Å². The van der Waals surface area contributed by atoms with Gasteiger partial charge in [-0.25, -0.2) is 0 Å². The van der Waals surface area contributed by atoms with Gasteiger partial charge in [-0.3, -0.25) is 4.99 Å². The van der Waals surface area contributed by atoms with Crippen molar-refractivity contribution in [2.45, 2.75) is 90.1 Å². The number of amidine groups is 1. The first-order valence-corrected chi connectivity index (χ1v) is 8.81. The Balaban J connectivity index is 1.78. The van der Waals surface area contributed by atoms with Gasteiger partial charge in [0.05, 0.1) is 6.54 Å². The molecule has 0 bridgehead atoms. The molecule has 0 amide bonds. The zero-order valence-electron chi connectivity index (χ0n) is 13.4. The van der Waals surface area contributed by atoms with E-state index in [1.807, 2.05) is 0 Å². The lowest BCUT2D eigenvalue weighted by molar-refractivity contribution is 0.223. The molecular formula is C17H34N2O. The van der Waals surface area contributed by atoms with E-state index in [2.05, 4.69) is 17.2 Å². The maximum absolute atomic E-state index is 9.90. The minimum Gasteiger partial charge on any atom is -0.385 e. The maximum atomic E-state index is 9.90. The predicted octanol–water partition coefficient (Wildman–Crippen LogP) is 4.05. The van der Waals surface area contributed by atoms with Crippen LogP contribution in [0.15, 0.2) is 4.99 Å². The van der Waals surface area contributed by atoms with Crippen LogP contribution >= 0.6 is 0 Å². The third kappa shape index (κ3) is 8.57. The van der Waals surface area contributed by atoms with E-state index < -0.39 is 0 Å². The first-order chi connectivity index (χ1) is 9.84. The van der Waals surface area contributed by atoms with Crippen molar-refractivity contribution in [1.29, 1.82) is 0 Å². The number of unbranched alkanes of at least 4 members (excludes halogenated alkanes) is 10. The van der Waals surface area contributed by atoms with Crippen molar-refractivity contribution in [2.75, 3.05) is 13.1 Å². The van der Waals surface area contributed by atoms with Gasteiger partial charge in [0.25, 0.3) is 0 Å². The van der Waals surface area contributed by atoms with Gasteiger partial charge in [-0.1, -0.05) is 77.6 Å². The summed E-state index contributed by atoms with van der Waals surface area (Å²) in [5, 5.41) is 13.0. The molecule has 0 spiro atoms. The Morgan fingerprint density at radius 1 is 0.950 bits per heavy atom. The maximum Gasteiger partial charge on any atom is 0.126 e. The third-order valence-corrected chi connectivity index (χ3v) is 4.10. The van der Waals surface area contributed by atoms with Crippen LogP contribution < -0.4 is 5.32 Å². The molecule has 0 aromatic carbocycles. The van der Waals surface area contributed by atoms with E-state index in [9.17, 15) is 5.11 Å². The van der Waals surface area contributed by atoms with Crippen molar-refractivity contribution in [3.8, 4) is 0 Å². The molecule has 0 saturated heterocycles. The molecule has 118 valence electrons. The number of hydrogen-bond donors (Lipinski definition) is 2. The molecule has 2 N–H and O–H groups in total. The van der Waals surface area contributed by atoms with Crippen LogP contribution in [0.1, 0.15) is 84.0 Å². The van der Waals surface area contributed by atoms with Crippen LogP contribution in [-0.4, -0.2) is 30.1 Å². The normalized spacial score (nSPS) is 16.0. The largest absolute Gasteiger partial charge is 0.385 e. The van der Waals surface area contributed by atoms with Gasteiger partial charge in [-0.2, -0.15) is 0 Å². The average Bonchev–Trinajstić information content (AvgIpc) is 2.99. The molecule has 3 heteroatoms. The Kier molecular flexibility index (Phi) is 10.7. The molecule has 0 saturated carbocycles. The van der Waals surface area contributed by atoms with Crippen molar-refractivity contribution in [3.05, 3.63) is 0 Å². The lowest BCUT2D eigenvalue weighted by Crippen LogP contribution is -2.31. The number of nitrogens with one attached hydrogen (secondary N) is 1. The molecule has 1 aliphatic heterocycles. The van der Waals surface area contributed by atoms with E-state index in [1.54, 1.807) is 0 Å². The fraction of sp³-hybridized carbons (Fsp3) is 0.941. The molecule has 1 atom stereocenters. The van der Waals surface area contributed by atoms with Crippen LogP contribution in [0.5, 0.6) is 0 Å². The summed E-state index contributed by atoms with van der Waals surface area (Å²) in [6.07, 6.45) is 15.4. The zero-order valence-corrected chi connectivity index (χ0v) is 13.4. The fourth-order valence-corrected chi connectivity index (χ4v) is 2.78. The average molecular weight is 282 g/mol. The molecule has 1 heterocycles. The highest BCUT2D eigenvalue weighted by Crippen LogP contribution is 2.12. The summed E-state index contributed by atoms with van der Waals surface area (Å²) in [6.45, 7) is 3.99. The van der Waals surface area contributed by atoms with Gasteiger partial charge in [0, 0.05) is 6.54 Å². The van der Waals surface area contributed by atoms with Crippen molar-refractivity contribution in [2.24, 2.45) is 4.99 Å². The number of aliphatic imine (C=N–C) groups is 1. The Bertz CT molecular complexity index is 253. The Morgan fingerprint density at radius 2 is 1.50 bits per heavy atom. The summed E-state index contributed by atoms with van der Waals surface area (Å²) in [5.74, 6) is 0.817. The van der Waals surface area contributed by atoms with E-state index in [4.69, 9.17) is 0 Å². The number of nitrogens with zero attached hydrogens (tertiary/aromatic N) is 1. The standard InChI is InChI=1S/C17H34N2O/c1-2-3-4-5-6-7-8-9-10-11-12-13-16(20)17-18-14-15-19-17/h16,20H,2-15H2,1H3,(H,18,19). The number of aliphatic hydroxyl groups excluding tert-OH is 1. The van der Waals surface area contributed by atoms with Crippen molar-refractivity contribution in [1.82, 2.24) is 5.32 Å². The fourth-order valence-electron chi connectivity index (χ4n) is 2.78. The molecule has 0 aromatic heterocycles. The third-order valence-electron chi connectivity index (χ3n) is 4.10. The number of rotatable bonds is 13. The molecule has 0 aromatic rings. The van der Waals surface area contributed by atoms with Crippen LogP contribution in [0.3, 0.4) is 0 Å². The van der Waals surface area contributed by atoms with Crippen LogP contribution in [0.25, 0.3) is 0 Å². The van der Waals surface area contributed by atoms with Gasteiger partial charge in [-0.15, -0.1) is 0 Å². The van der Waals surface area contributed by atoms with Gasteiger partial charge >= 0.3 is 0 Å². The van der Waals surface area contributed by atoms with Gasteiger partial charge in [0.2, 0.25) is 0 Å². The molecule has 1 rings (SSSR count).